The van der Waals surface area contributed by atoms with Gasteiger partial charge in [0.05, 0.1) is 28.9 Å². The molecule has 0 aliphatic rings. The first-order valence-corrected chi connectivity index (χ1v) is 10.1. The number of amides is 1. The number of aromatic nitrogens is 2. The maximum absolute atomic E-state index is 14.7. The summed E-state index contributed by atoms with van der Waals surface area (Å²) >= 11 is 0. The maximum atomic E-state index is 14.7. The lowest BCUT2D eigenvalue weighted by Crippen LogP contribution is -2.20. The summed E-state index contributed by atoms with van der Waals surface area (Å²) in [4.78, 5) is 19.3. The van der Waals surface area contributed by atoms with Crippen LogP contribution in [0.2, 0.25) is 0 Å². The molecular formula is C18H15F2N5O3S. The van der Waals surface area contributed by atoms with Crippen LogP contribution < -0.4 is 10.0 Å². The van der Waals surface area contributed by atoms with Gasteiger partial charge in [-0.15, -0.1) is 0 Å². The lowest BCUT2D eigenvalue weighted by Gasteiger charge is -2.12. The summed E-state index contributed by atoms with van der Waals surface area (Å²) in [5, 5.41) is 11.8. The molecule has 2 heterocycles. The van der Waals surface area contributed by atoms with Crippen LogP contribution in [0.5, 0.6) is 0 Å². The molecule has 0 saturated carbocycles. The van der Waals surface area contributed by atoms with Crippen LogP contribution in [-0.2, 0) is 10.0 Å². The molecule has 0 spiro atoms. The summed E-state index contributed by atoms with van der Waals surface area (Å²) in [5.41, 5.74) is -0.681. The molecule has 0 atom stereocenters. The SMILES string of the molecule is CCCS(=O)(=O)Nc1ccc(F)c(C(=O)Nc2cnc3[nH]cc(C#N)c3c2)c1F. The van der Waals surface area contributed by atoms with Crippen molar-refractivity contribution < 1.29 is 22.0 Å². The van der Waals surface area contributed by atoms with Crippen LogP contribution in [0.15, 0.2) is 30.6 Å². The van der Waals surface area contributed by atoms with Gasteiger partial charge in [-0.1, -0.05) is 6.92 Å². The number of benzene rings is 1. The zero-order chi connectivity index (χ0) is 21.2. The highest BCUT2D eigenvalue weighted by molar-refractivity contribution is 7.92. The van der Waals surface area contributed by atoms with E-state index < -0.39 is 38.8 Å². The fourth-order valence-electron chi connectivity index (χ4n) is 2.68. The molecule has 0 fully saturated rings. The zero-order valence-corrected chi connectivity index (χ0v) is 15.9. The van der Waals surface area contributed by atoms with Gasteiger partial charge in [0.15, 0.2) is 5.82 Å². The fourth-order valence-corrected chi connectivity index (χ4v) is 3.82. The number of halogens is 2. The number of hydrogen-bond donors (Lipinski definition) is 3. The van der Waals surface area contributed by atoms with Gasteiger partial charge in [-0.3, -0.25) is 9.52 Å². The molecule has 0 aliphatic heterocycles. The number of carbonyl (C=O) groups excluding carboxylic acids is 1. The molecule has 3 N–H and O–H groups in total. The van der Waals surface area contributed by atoms with Gasteiger partial charge in [-0.05, 0) is 24.6 Å². The van der Waals surface area contributed by atoms with Crippen molar-refractivity contribution in [3.8, 4) is 6.07 Å². The van der Waals surface area contributed by atoms with Crippen molar-refractivity contribution in [2.45, 2.75) is 13.3 Å². The van der Waals surface area contributed by atoms with E-state index >= 15 is 0 Å². The Morgan fingerprint density at radius 1 is 1.34 bits per heavy atom. The van der Waals surface area contributed by atoms with Crippen LogP contribution in [0.3, 0.4) is 0 Å². The number of aromatic amines is 1. The smallest absolute Gasteiger partial charge is 0.261 e. The molecule has 150 valence electrons. The molecular weight excluding hydrogens is 404 g/mol. The van der Waals surface area contributed by atoms with Crippen LogP contribution in [0.1, 0.15) is 29.3 Å². The van der Waals surface area contributed by atoms with Gasteiger partial charge in [0.25, 0.3) is 5.91 Å². The van der Waals surface area contributed by atoms with Crippen LogP contribution >= 0.6 is 0 Å². The van der Waals surface area contributed by atoms with Gasteiger partial charge >= 0.3 is 0 Å². The molecule has 1 amide bonds. The molecule has 2 aromatic heterocycles. The number of sulfonamides is 1. The van der Waals surface area contributed by atoms with Gasteiger partial charge in [0, 0.05) is 11.6 Å². The molecule has 29 heavy (non-hydrogen) atoms. The molecule has 0 unspecified atom stereocenters. The second-order valence-electron chi connectivity index (χ2n) is 6.09. The van der Waals surface area contributed by atoms with E-state index in [1.807, 2.05) is 10.8 Å². The maximum Gasteiger partial charge on any atom is 0.261 e. The highest BCUT2D eigenvalue weighted by atomic mass is 32.2. The lowest BCUT2D eigenvalue weighted by atomic mass is 10.1. The number of nitriles is 1. The van der Waals surface area contributed by atoms with E-state index in [1.54, 1.807) is 6.92 Å². The van der Waals surface area contributed by atoms with Crippen molar-refractivity contribution in [2.24, 2.45) is 0 Å². The van der Waals surface area contributed by atoms with Crippen molar-refractivity contribution in [2.75, 3.05) is 15.8 Å². The monoisotopic (exact) mass is 419 g/mol. The minimum Gasteiger partial charge on any atom is -0.345 e. The van der Waals surface area contributed by atoms with Crippen LogP contribution in [0.25, 0.3) is 11.0 Å². The molecule has 0 radical (unpaired) electrons. The third-order valence-electron chi connectivity index (χ3n) is 3.97. The van der Waals surface area contributed by atoms with Crippen molar-refractivity contribution in [1.82, 2.24) is 9.97 Å². The minimum absolute atomic E-state index is 0.106. The highest BCUT2D eigenvalue weighted by Crippen LogP contribution is 2.25. The third-order valence-corrected chi connectivity index (χ3v) is 5.44. The molecule has 8 nitrogen and oxygen atoms in total. The van der Waals surface area contributed by atoms with E-state index in [0.717, 1.165) is 12.1 Å². The quantitative estimate of drug-likeness (QED) is 0.566. The molecule has 0 saturated heterocycles. The summed E-state index contributed by atoms with van der Waals surface area (Å²) < 4.78 is 54.6. The van der Waals surface area contributed by atoms with E-state index in [4.69, 9.17) is 5.26 Å². The minimum atomic E-state index is -3.84. The Bertz CT molecular complexity index is 1250. The molecule has 3 aromatic rings. The van der Waals surface area contributed by atoms with E-state index in [-0.39, 0.29) is 17.0 Å². The van der Waals surface area contributed by atoms with E-state index in [9.17, 15) is 22.0 Å². The Labute approximate surface area is 164 Å². The number of nitrogens with one attached hydrogen (secondary N) is 3. The first kappa shape index (κ1) is 20.2. The van der Waals surface area contributed by atoms with Gasteiger partial charge in [-0.25, -0.2) is 22.2 Å². The standard InChI is InChI=1S/C18H15F2N5O3S/c1-2-5-29(27,28)25-14-4-3-13(19)15(16(14)20)18(26)24-11-6-12-10(7-21)8-22-17(12)23-9-11/h3-4,6,8-9,25H,2,5H2,1H3,(H,22,23)(H,24,26). The average Bonchev–Trinajstić information content (AvgIpc) is 3.06. The number of hydrogen-bond acceptors (Lipinski definition) is 5. The second-order valence-corrected chi connectivity index (χ2v) is 7.94. The number of H-pyrrole nitrogens is 1. The summed E-state index contributed by atoms with van der Waals surface area (Å²) in [6, 6.07) is 5.08. The normalized spacial score (nSPS) is 11.2. The van der Waals surface area contributed by atoms with Crippen LogP contribution in [-0.4, -0.2) is 30.0 Å². The van der Waals surface area contributed by atoms with Gasteiger partial charge in [0.2, 0.25) is 10.0 Å². The first-order chi connectivity index (χ1) is 13.8. The van der Waals surface area contributed by atoms with Gasteiger partial charge in [0.1, 0.15) is 23.1 Å². The fraction of sp³-hybridized carbons (Fsp3) is 0.167. The van der Waals surface area contributed by atoms with Crippen molar-refractivity contribution in [3.05, 3.63) is 53.4 Å². The molecule has 11 heteroatoms. The number of pyridine rings is 1. The number of rotatable bonds is 6. The average molecular weight is 419 g/mol. The Kier molecular flexibility index (Phi) is 5.47. The summed E-state index contributed by atoms with van der Waals surface area (Å²) in [5.74, 6) is -3.89. The van der Waals surface area contributed by atoms with Crippen LogP contribution in [0, 0.1) is 23.0 Å². The van der Waals surface area contributed by atoms with E-state index in [0.29, 0.717) is 17.5 Å². The van der Waals surface area contributed by atoms with Gasteiger partial charge in [-0.2, -0.15) is 5.26 Å². The Balaban J connectivity index is 1.93. The van der Waals surface area contributed by atoms with Crippen molar-refractivity contribution >= 4 is 38.3 Å². The predicted octanol–water partition coefficient (Wildman–Crippen LogP) is 3.12. The largest absolute Gasteiger partial charge is 0.345 e. The molecule has 3 rings (SSSR count). The molecule has 1 aromatic carbocycles. The number of nitrogens with zero attached hydrogens (tertiary/aromatic N) is 2. The van der Waals surface area contributed by atoms with Crippen molar-refractivity contribution in [3.63, 3.8) is 0 Å². The first-order valence-electron chi connectivity index (χ1n) is 8.42. The molecule has 0 bridgehead atoms. The summed E-state index contributed by atoms with van der Waals surface area (Å²) in [6.45, 7) is 1.63. The number of fused-ring (bicyclic) bond motifs is 1. The second kappa shape index (κ2) is 7.84. The highest BCUT2D eigenvalue weighted by Gasteiger charge is 2.23. The van der Waals surface area contributed by atoms with E-state index in [2.05, 4.69) is 15.3 Å². The molecule has 0 aliphatic carbocycles. The van der Waals surface area contributed by atoms with E-state index in [1.165, 1.54) is 18.5 Å². The van der Waals surface area contributed by atoms with Crippen molar-refractivity contribution in [1.29, 1.82) is 5.26 Å². The zero-order valence-electron chi connectivity index (χ0n) is 15.1. The number of carbonyl (C=O) groups is 1. The lowest BCUT2D eigenvalue weighted by molar-refractivity contribution is 0.101. The summed E-state index contributed by atoms with van der Waals surface area (Å²) in [7, 11) is -3.84. The predicted molar refractivity (Wildman–Crippen MR) is 103 cm³/mol. The van der Waals surface area contributed by atoms with Gasteiger partial charge < -0.3 is 10.3 Å². The summed E-state index contributed by atoms with van der Waals surface area (Å²) in [6.07, 6.45) is 2.99. The Morgan fingerprint density at radius 2 is 2.10 bits per heavy atom. The topological polar surface area (TPSA) is 128 Å². The number of anilines is 2. The Hall–Kier alpha value is -3.52. The third kappa shape index (κ3) is 4.17. The van der Waals surface area contributed by atoms with Crippen LogP contribution in [0.4, 0.5) is 20.2 Å². The Morgan fingerprint density at radius 3 is 2.79 bits per heavy atom.